The molecule has 0 radical (unpaired) electrons. The van der Waals surface area contributed by atoms with Gasteiger partial charge in [-0.3, -0.25) is 4.79 Å². The predicted octanol–water partition coefficient (Wildman–Crippen LogP) is 1.51. The minimum Gasteiger partial charge on any atom is -0.267 e. The summed E-state index contributed by atoms with van der Waals surface area (Å²) in [7, 11) is -4.02. The molecule has 0 heterocycles. The molecular weight excluding hydrogens is 314 g/mol. The quantitative estimate of drug-likeness (QED) is 0.506. The Morgan fingerprint density at radius 2 is 1.71 bits per heavy atom. The SMILES string of the molecule is NN(C(=O)c1ccc(Cl)c(S(N)(=O)=O)c1)c1ccccc1. The second kappa shape index (κ2) is 5.82. The first kappa shape index (κ1) is 15.5. The first-order chi connectivity index (χ1) is 9.80. The van der Waals surface area contributed by atoms with E-state index in [4.69, 9.17) is 22.6 Å². The van der Waals surface area contributed by atoms with Crippen molar-refractivity contribution in [3.63, 3.8) is 0 Å². The molecule has 0 saturated carbocycles. The zero-order chi connectivity index (χ0) is 15.6. The van der Waals surface area contributed by atoms with Gasteiger partial charge in [-0.05, 0) is 30.3 Å². The van der Waals surface area contributed by atoms with Crippen molar-refractivity contribution in [2.24, 2.45) is 11.0 Å². The minimum absolute atomic E-state index is 0.0580. The van der Waals surface area contributed by atoms with E-state index in [0.29, 0.717) is 5.69 Å². The highest BCUT2D eigenvalue weighted by molar-refractivity contribution is 7.89. The maximum absolute atomic E-state index is 12.3. The lowest BCUT2D eigenvalue weighted by molar-refractivity contribution is 0.0986. The summed E-state index contributed by atoms with van der Waals surface area (Å²) in [4.78, 5) is 11.9. The van der Waals surface area contributed by atoms with Gasteiger partial charge in [-0.2, -0.15) is 0 Å². The second-order valence-electron chi connectivity index (χ2n) is 4.20. The van der Waals surface area contributed by atoms with E-state index in [-0.39, 0.29) is 15.5 Å². The van der Waals surface area contributed by atoms with Gasteiger partial charge in [0.25, 0.3) is 5.91 Å². The van der Waals surface area contributed by atoms with Crippen LogP contribution in [0.15, 0.2) is 53.4 Å². The Hall–Kier alpha value is -1.93. The number of nitrogens with two attached hydrogens (primary N) is 2. The number of amides is 1. The van der Waals surface area contributed by atoms with Gasteiger partial charge in [0.15, 0.2) is 0 Å². The lowest BCUT2D eigenvalue weighted by Crippen LogP contribution is -2.37. The number of hydrogen-bond donors (Lipinski definition) is 2. The van der Waals surface area contributed by atoms with Crippen molar-refractivity contribution >= 4 is 33.2 Å². The molecule has 0 saturated heterocycles. The number of rotatable bonds is 3. The molecule has 0 aliphatic rings. The number of sulfonamides is 1. The fraction of sp³-hybridized carbons (Fsp3) is 0. The van der Waals surface area contributed by atoms with Crippen LogP contribution < -0.4 is 16.0 Å². The van der Waals surface area contributed by atoms with Crippen molar-refractivity contribution < 1.29 is 13.2 Å². The molecule has 0 aliphatic carbocycles. The summed E-state index contributed by atoms with van der Waals surface area (Å²) in [6, 6.07) is 12.3. The summed E-state index contributed by atoms with van der Waals surface area (Å²) in [6.45, 7) is 0. The average Bonchev–Trinajstić information content (AvgIpc) is 2.46. The Morgan fingerprint density at radius 1 is 1.10 bits per heavy atom. The van der Waals surface area contributed by atoms with Crippen LogP contribution in [-0.4, -0.2) is 14.3 Å². The lowest BCUT2D eigenvalue weighted by Gasteiger charge is -2.17. The molecule has 21 heavy (non-hydrogen) atoms. The minimum atomic E-state index is -4.02. The predicted molar refractivity (Wildman–Crippen MR) is 80.3 cm³/mol. The zero-order valence-electron chi connectivity index (χ0n) is 10.7. The summed E-state index contributed by atoms with van der Waals surface area (Å²) in [6.07, 6.45) is 0. The highest BCUT2D eigenvalue weighted by Gasteiger charge is 2.19. The van der Waals surface area contributed by atoms with Crippen LogP contribution in [-0.2, 0) is 10.0 Å². The molecular formula is C13H12ClN3O3S. The number of hydrogen-bond acceptors (Lipinski definition) is 4. The Balaban J connectivity index is 2.41. The maximum atomic E-state index is 12.3. The molecule has 1 amide bonds. The van der Waals surface area contributed by atoms with E-state index < -0.39 is 15.9 Å². The molecule has 110 valence electrons. The first-order valence-corrected chi connectivity index (χ1v) is 7.69. The normalized spacial score (nSPS) is 11.2. The van der Waals surface area contributed by atoms with Crippen LogP contribution in [0, 0.1) is 0 Å². The van der Waals surface area contributed by atoms with Crippen molar-refractivity contribution in [3.8, 4) is 0 Å². The Morgan fingerprint density at radius 3 is 2.29 bits per heavy atom. The van der Waals surface area contributed by atoms with Crippen LogP contribution in [0.25, 0.3) is 0 Å². The van der Waals surface area contributed by atoms with Crippen molar-refractivity contribution in [1.82, 2.24) is 0 Å². The van der Waals surface area contributed by atoms with Crippen molar-refractivity contribution in [2.75, 3.05) is 5.01 Å². The number of primary sulfonamides is 1. The summed E-state index contributed by atoms with van der Waals surface area (Å²) < 4.78 is 22.8. The van der Waals surface area contributed by atoms with Gasteiger partial charge < -0.3 is 0 Å². The van der Waals surface area contributed by atoms with E-state index >= 15 is 0 Å². The Kier molecular flexibility index (Phi) is 4.29. The molecule has 0 unspecified atom stereocenters. The molecule has 4 N–H and O–H groups in total. The summed E-state index contributed by atoms with van der Waals surface area (Å²) in [5.41, 5.74) is 0.532. The van der Waals surface area contributed by atoms with Gasteiger partial charge in [-0.25, -0.2) is 24.4 Å². The fourth-order valence-electron chi connectivity index (χ4n) is 1.70. The molecule has 2 rings (SSSR count). The standard InChI is InChI=1S/C13H12ClN3O3S/c14-11-7-6-9(8-12(11)21(16,19)20)13(18)17(15)10-4-2-1-3-5-10/h1-8H,15H2,(H2,16,19,20). The van der Waals surface area contributed by atoms with Crippen LogP contribution in [0.3, 0.4) is 0 Å². The van der Waals surface area contributed by atoms with Crippen molar-refractivity contribution in [1.29, 1.82) is 0 Å². The smallest absolute Gasteiger partial charge is 0.267 e. The van der Waals surface area contributed by atoms with Crippen LogP contribution in [0.2, 0.25) is 5.02 Å². The number of carbonyl (C=O) groups is 1. The van der Waals surface area contributed by atoms with Gasteiger partial charge in [0.2, 0.25) is 10.0 Å². The number of anilines is 1. The third-order valence-corrected chi connectivity index (χ3v) is 4.13. The van der Waals surface area contributed by atoms with E-state index in [1.807, 2.05) is 0 Å². The molecule has 6 nitrogen and oxygen atoms in total. The molecule has 0 aliphatic heterocycles. The molecule has 8 heteroatoms. The highest BCUT2D eigenvalue weighted by Crippen LogP contribution is 2.23. The molecule has 2 aromatic rings. The van der Waals surface area contributed by atoms with E-state index in [1.54, 1.807) is 30.3 Å². The number of nitrogens with zero attached hydrogens (tertiary/aromatic N) is 1. The van der Waals surface area contributed by atoms with Crippen LogP contribution in [0.4, 0.5) is 5.69 Å². The molecule has 0 fully saturated rings. The van der Waals surface area contributed by atoms with Crippen molar-refractivity contribution in [3.05, 3.63) is 59.1 Å². The molecule has 0 bridgehead atoms. The Bertz CT molecular complexity index is 779. The topological polar surface area (TPSA) is 106 Å². The largest absolute Gasteiger partial charge is 0.272 e. The monoisotopic (exact) mass is 325 g/mol. The van der Waals surface area contributed by atoms with Crippen LogP contribution in [0.5, 0.6) is 0 Å². The number of carbonyl (C=O) groups excluding carboxylic acids is 1. The lowest BCUT2D eigenvalue weighted by atomic mass is 10.2. The first-order valence-electron chi connectivity index (χ1n) is 5.77. The van der Waals surface area contributed by atoms with Crippen LogP contribution >= 0.6 is 11.6 Å². The van der Waals surface area contributed by atoms with E-state index in [0.717, 1.165) is 11.1 Å². The van der Waals surface area contributed by atoms with E-state index in [9.17, 15) is 13.2 Å². The molecule has 0 atom stereocenters. The number of para-hydroxylation sites is 1. The van der Waals surface area contributed by atoms with Gasteiger partial charge >= 0.3 is 0 Å². The van der Waals surface area contributed by atoms with Gasteiger partial charge in [-0.1, -0.05) is 29.8 Å². The number of hydrazine groups is 1. The number of halogens is 1. The molecule has 0 aromatic heterocycles. The van der Waals surface area contributed by atoms with Crippen LogP contribution in [0.1, 0.15) is 10.4 Å². The third kappa shape index (κ3) is 3.40. The van der Waals surface area contributed by atoms with Gasteiger partial charge in [0, 0.05) is 5.56 Å². The van der Waals surface area contributed by atoms with E-state index in [2.05, 4.69) is 0 Å². The van der Waals surface area contributed by atoms with E-state index in [1.165, 1.54) is 12.1 Å². The second-order valence-corrected chi connectivity index (χ2v) is 6.14. The number of benzene rings is 2. The summed E-state index contributed by atoms with van der Waals surface area (Å²) in [5.74, 6) is 5.16. The summed E-state index contributed by atoms with van der Waals surface area (Å²) in [5, 5.41) is 5.90. The highest BCUT2D eigenvalue weighted by atomic mass is 35.5. The maximum Gasteiger partial charge on any atom is 0.272 e. The van der Waals surface area contributed by atoms with Gasteiger partial charge in [-0.15, -0.1) is 0 Å². The fourth-order valence-corrected chi connectivity index (χ4v) is 2.77. The molecule has 0 spiro atoms. The average molecular weight is 326 g/mol. The molecule has 2 aromatic carbocycles. The van der Waals surface area contributed by atoms with Crippen molar-refractivity contribution in [2.45, 2.75) is 4.90 Å². The van der Waals surface area contributed by atoms with Gasteiger partial charge in [0.05, 0.1) is 10.7 Å². The third-order valence-electron chi connectivity index (χ3n) is 2.74. The van der Waals surface area contributed by atoms with Gasteiger partial charge in [0.1, 0.15) is 4.90 Å². The summed E-state index contributed by atoms with van der Waals surface area (Å²) >= 11 is 5.77. The zero-order valence-corrected chi connectivity index (χ0v) is 12.3. The Labute approximate surface area is 126 Å².